The summed E-state index contributed by atoms with van der Waals surface area (Å²) in [5.41, 5.74) is -0.369. The first kappa shape index (κ1) is 19.0. The highest BCUT2D eigenvalue weighted by atomic mass is 32.2. The SMILES string of the molecule is CC(=O)OCN(C(=O)OC(C)(C)C)c1ccc(S(C)(=O)=O)cc1. The van der Waals surface area contributed by atoms with Crippen LogP contribution in [0.25, 0.3) is 0 Å². The summed E-state index contributed by atoms with van der Waals surface area (Å²) in [6.45, 7) is 6.02. The number of ether oxygens (including phenoxy) is 2. The van der Waals surface area contributed by atoms with Gasteiger partial charge in [0.25, 0.3) is 0 Å². The second-order valence-corrected chi connectivity index (χ2v) is 7.96. The van der Waals surface area contributed by atoms with Crippen molar-refractivity contribution >= 4 is 27.6 Å². The van der Waals surface area contributed by atoms with Gasteiger partial charge in [-0.05, 0) is 45.0 Å². The monoisotopic (exact) mass is 343 g/mol. The van der Waals surface area contributed by atoms with E-state index in [2.05, 4.69) is 0 Å². The zero-order valence-corrected chi connectivity index (χ0v) is 14.6. The Morgan fingerprint density at radius 1 is 1.13 bits per heavy atom. The van der Waals surface area contributed by atoms with Gasteiger partial charge in [0.15, 0.2) is 16.6 Å². The van der Waals surface area contributed by atoms with Gasteiger partial charge in [0.2, 0.25) is 0 Å². The molecule has 0 N–H and O–H groups in total. The van der Waals surface area contributed by atoms with Crippen molar-refractivity contribution < 1.29 is 27.5 Å². The van der Waals surface area contributed by atoms with E-state index in [0.717, 1.165) is 11.2 Å². The fraction of sp³-hybridized carbons (Fsp3) is 0.467. The Morgan fingerprint density at radius 2 is 1.65 bits per heavy atom. The van der Waals surface area contributed by atoms with Gasteiger partial charge in [-0.1, -0.05) is 0 Å². The maximum Gasteiger partial charge on any atom is 0.417 e. The summed E-state index contributed by atoms with van der Waals surface area (Å²) >= 11 is 0. The predicted molar refractivity (Wildman–Crippen MR) is 84.9 cm³/mol. The first-order valence-corrected chi connectivity index (χ1v) is 8.73. The van der Waals surface area contributed by atoms with Crippen molar-refractivity contribution in [3.05, 3.63) is 24.3 Å². The van der Waals surface area contributed by atoms with Crippen LogP contribution in [-0.2, 0) is 24.1 Å². The summed E-state index contributed by atoms with van der Waals surface area (Å²) in [5.74, 6) is -0.550. The van der Waals surface area contributed by atoms with E-state index in [1.54, 1.807) is 20.8 Å². The molecule has 0 saturated carbocycles. The third-order valence-electron chi connectivity index (χ3n) is 2.59. The molecule has 0 fully saturated rings. The number of carbonyl (C=O) groups is 2. The molecule has 0 aliphatic rings. The number of sulfone groups is 1. The van der Waals surface area contributed by atoms with E-state index in [1.807, 2.05) is 0 Å². The molecule has 0 unspecified atom stereocenters. The topological polar surface area (TPSA) is 90.0 Å². The molecule has 0 bridgehead atoms. The number of hydrogen-bond donors (Lipinski definition) is 0. The molecule has 1 aromatic rings. The third-order valence-corrected chi connectivity index (χ3v) is 3.72. The Morgan fingerprint density at radius 3 is 2.04 bits per heavy atom. The summed E-state index contributed by atoms with van der Waals surface area (Å²) in [6.07, 6.45) is 0.387. The molecule has 0 aliphatic carbocycles. The molecule has 0 radical (unpaired) electrons. The molecule has 1 rings (SSSR count). The minimum atomic E-state index is -3.34. The largest absolute Gasteiger partial charge is 0.444 e. The Hall–Kier alpha value is -2.09. The molecule has 1 aromatic carbocycles. The van der Waals surface area contributed by atoms with Crippen molar-refractivity contribution in [1.82, 2.24) is 0 Å². The minimum absolute atomic E-state index is 0.123. The molecule has 0 heterocycles. The van der Waals surface area contributed by atoms with Crippen LogP contribution >= 0.6 is 0 Å². The number of amides is 1. The highest BCUT2D eigenvalue weighted by Crippen LogP contribution is 2.21. The lowest BCUT2D eigenvalue weighted by atomic mass is 10.2. The Bertz CT molecular complexity index is 673. The van der Waals surface area contributed by atoms with Crippen LogP contribution < -0.4 is 4.90 Å². The smallest absolute Gasteiger partial charge is 0.417 e. The van der Waals surface area contributed by atoms with Crippen molar-refractivity contribution in [3.63, 3.8) is 0 Å². The normalized spacial score (nSPS) is 11.7. The van der Waals surface area contributed by atoms with Crippen molar-refractivity contribution in [2.24, 2.45) is 0 Å². The fourth-order valence-electron chi connectivity index (χ4n) is 1.58. The molecular formula is C15H21NO6S. The van der Waals surface area contributed by atoms with E-state index < -0.39 is 27.5 Å². The quantitative estimate of drug-likeness (QED) is 0.616. The van der Waals surface area contributed by atoms with Gasteiger partial charge < -0.3 is 9.47 Å². The average molecular weight is 343 g/mol. The number of rotatable bonds is 4. The summed E-state index contributed by atoms with van der Waals surface area (Å²) in [6, 6.07) is 5.64. The molecule has 128 valence electrons. The van der Waals surface area contributed by atoms with Crippen LogP contribution in [0, 0.1) is 0 Å². The summed E-state index contributed by atoms with van der Waals surface area (Å²) in [7, 11) is -3.34. The molecule has 23 heavy (non-hydrogen) atoms. The van der Waals surface area contributed by atoms with E-state index in [0.29, 0.717) is 5.69 Å². The van der Waals surface area contributed by atoms with Crippen LogP contribution in [0.2, 0.25) is 0 Å². The minimum Gasteiger partial charge on any atom is -0.444 e. The Kier molecular flexibility index (Phi) is 5.76. The van der Waals surface area contributed by atoms with E-state index in [-0.39, 0.29) is 11.6 Å². The van der Waals surface area contributed by atoms with Gasteiger partial charge in [-0.15, -0.1) is 0 Å². The highest BCUT2D eigenvalue weighted by Gasteiger charge is 2.24. The number of benzene rings is 1. The Balaban J connectivity index is 3.08. The first-order chi connectivity index (χ1) is 10.4. The number of hydrogen-bond acceptors (Lipinski definition) is 6. The molecule has 0 aromatic heterocycles. The van der Waals surface area contributed by atoms with Crippen molar-refractivity contribution in [1.29, 1.82) is 0 Å². The summed E-state index contributed by atoms with van der Waals surface area (Å²) in [5, 5.41) is 0. The number of carbonyl (C=O) groups excluding carboxylic acids is 2. The van der Waals surface area contributed by atoms with Crippen LogP contribution in [0.3, 0.4) is 0 Å². The van der Waals surface area contributed by atoms with Crippen LogP contribution in [0.1, 0.15) is 27.7 Å². The molecular weight excluding hydrogens is 322 g/mol. The molecule has 0 atom stereocenters. The van der Waals surface area contributed by atoms with Crippen molar-refractivity contribution in [2.75, 3.05) is 17.9 Å². The Labute approximate surface area is 136 Å². The van der Waals surface area contributed by atoms with E-state index >= 15 is 0 Å². The van der Waals surface area contributed by atoms with Gasteiger partial charge in [0, 0.05) is 13.2 Å². The maximum atomic E-state index is 12.2. The zero-order valence-electron chi connectivity index (χ0n) is 13.8. The van der Waals surface area contributed by atoms with E-state index in [4.69, 9.17) is 9.47 Å². The van der Waals surface area contributed by atoms with Crippen molar-refractivity contribution in [2.45, 2.75) is 38.2 Å². The molecule has 1 amide bonds. The zero-order chi connectivity index (χ0) is 17.8. The fourth-order valence-corrected chi connectivity index (χ4v) is 2.21. The van der Waals surface area contributed by atoms with Gasteiger partial charge in [0.1, 0.15) is 5.60 Å². The predicted octanol–water partition coefficient (Wildman–Crippen LogP) is 2.35. The third kappa shape index (κ3) is 6.27. The highest BCUT2D eigenvalue weighted by molar-refractivity contribution is 7.90. The van der Waals surface area contributed by atoms with Gasteiger partial charge in [-0.2, -0.15) is 0 Å². The van der Waals surface area contributed by atoms with Gasteiger partial charge in [-0.25, -0.2) is 18.1 Å². The second-order valence-electron chi connectivity index (χ2n) is 5.94. The van der Waals surface area contributed by atoms with Gasteiger partial charge >= 0.3 is 12.1 Å². The lowest BCUT2D eigenvalue weighted by Crippen LogP contribution is -2.38. The van der Waals surface area contributed by atoms with Crippen LogP contribution in [0.5, 0.6) is 0 Å². The molecule has 0 spiro atoms. The van der Waals surface area contributed by atoms with Crippen LogP contribution in [0.15, 0.2) is 29.2 Å². The maximum absolute atomic E-state index is 12.2. The summed E-state index contributed by atoms with van der Waals surface area (Å²) < 4.78 is 33.1. The van der Waals surface area contributed by atoms with Crippen LogP contribution in [-0.4, -0.2) is 39.1 Å². The first-order valence-electron chi connectivity index (χ1n) is 6.84. The standard InChI is InChI=1S/C15H21NO6S/c1-11(17)21-10-16(14(18)22-15(2,3)4)12-6-8-13(9-7-12)23(5,19)20/h6-9H,10H2,1-5H3. The van der Waals surface area contributed by atoms with Crippen LogP contribution in [0.4, 0.5) is 10.5 Å². The number of anilines is 1. The number of nitrogens with zero attached hydrogens (tertiary/aromatic N) is 1. The second kappa shape index (κ2) is 6.99. The average Bonchev–Trinajstić information content (AvgIpc) is 2.36. The summed E-state index contributed by atoms with van der Waals surface area (Å²) in [4.78, 5) is 24.5. The van der Waals surface area contributed by atoms with Crippen molar-refractivity contribution in [3.8, 4) is 0 Å². The molecule has 8 heteroatoms. The molecule has 0 saturated heterocycles. The molecule has 0 aliphatic heterocycles. The van der Waals surface area contributed by atoms with Gasteiger partial charge in [0.05, 0.1) is 10.6 Å². The van der Waals surface area contributed by atoms with E-state index in [9.17, 15) is 18.0 Å². The van der Waals surface area contributed by atoms with Gasteiger partial charge in [-0.3, -0.25) is 4.79 Å². The lowest BCUT2D eigenvalue weighted by molar-refractivity contribution is -0.140. The van der Waals surface area contributed by atoms with E-state index in [1.165, 1.54) is 31.2 Å². The lowest BCUT2D eigenvalue weighted by Gasteiger charge is -2.27. The molecule has 7 nitrogen and oxygen atoms in total. The number of esters is 1.